The molecule has 116 valence electrons. The Bertz CT molecular complexity index is 904. The number of rotatable bonds is 2. The summed E-state index contributed by atoms with van der Waals surface area (Å²) in [5.41, 5.74) is 9.84. The third-order valence-electron chi connectivity index (χ3n) is 4.45. The fourth-order valence-electron chi connectivity index (χ4n) is 3.46. The number of carbonyl (C=O) groups excluding carboxylic acids is 1. The lowest BCUT2D eigenvalue weighted by molar-refractivity contribution is 0.251. The summed E-state index contributed by atoms with van der Waals surface area (Å²) in [6, 6.07) is 11.4. The van der Waals surface area contributed by atoms with E-state index in [1.165, 1.54) is 5.56 Å². The number of hydrogen-bond donors (Lipinski definition) is 2. The predicted octanol–water partition coefficient (Wildman–Crippen LogP) is 3.90. The van der Waals surface area contributed by atoms with Crippen LogP contribution >= 0.6 is 15.9 Å². The smallest absolute Gasteiger partial charge is 0.319 e. The number of nitrogens with two attached hydrogens (primary N) is 1. The molecule has 1 unspecified atom stereocenters. The van der Waals surface area contributed by atoms with Crippen LogP contribution in [0.25, 0.3) is 10.9 Å². The summed E-state index contributed by atoms with van der Waals surface area (Å²) in [6.45, 7) is 0. The first kappa shape index (κ1) is 14.3. The number of nitrogens with one attached hydrogen (secondary N) is 1. The van der Waals surface area contributed by atoms with E-state index >= 15 is 0 Å². The summed E-state index contributed by atoms with van der Waals surface area (Å²) >= 11 is 3.60. The van der Waals surface area contributed by atoms with E-state index < -0.39 is 6.03 Å². The van der Waals surface area contributed by atoms with Gasteiger partial charge in [0.15, 0.2) is 0 Å². The van der Waals surface area contributed by atoms with Crippen LogP contribution in [0.5, 0.6) is 0 Å². The SMILES string of the molecule is NC(=O)N(c1cccc2[nH]ncc12)C1CCc2c(Br)cccc21. The minimum Gasteiger partial charge on any atom is -0.351 e. The molecule has 1 aromatic heterocycles. The highest BCUT2D eigenvalue weighted by atomic mass is 79.9. The first-order chi connectivity index (χ1) is 11.2. The molecular formula is C17H15BrN4O. The lowest BCUT2D eigenvalue weighted by atomic mass is 10.1. The van der Waals surface area contributed by atoms with E-state index in [2.05, 4.69) is 32.2 Å². The van der Waals surface area contributed by atoms with Crippen molar-refractivity contribution in [3.05, 3.63) is 58.2 Å². The van der Waals surface area contributed by atoms with E-state index in [9.17, 15) is 4.79 Å². The van der Waals surface area contributed by atoms with Crippen LogP contribution in [-0.2, 0) is 6.42 Å². The van der Waals surface area contributed by atoms with Gasteiger partial charge in [0.25, 0.3) is 0 Å². The minimum absolute atomic E-state index is 0.0551. The van der Waals surface area contributed by atoms with Gasteiger partial charge in [0.1, 0.15) is 0 Å². The summed E-state index contributed by atoms with van der Waals surface area (Å²) in [7, 11) is 0. The Balaban J connectivity index is 1.87. The maximum atomic E-state index is 12.3. The molecule has 5 nitrogen and oxygen atoms in total. The van der Waals surface area contributed by atoms with Crippen LogP contribution in [0, 0.1) is 0 Å². The normalized spacial score (nSPS) is 16.5. The van der Waals surface area contributed by atoms with Crippen LogP contribution in [-0.4, -0.2) is 16.2 Å². The van der Waals surface area contributed by atoms with Crippen LogP contribution < -0.4 is 10.6 Å². The second kappa shape index (κ2) is 5.38. The van der Waals surface area contributed by atoms with Crippen molar-refractivity contribution < 1.29 is 4.79 Å². The zero-order valence-corrected chi connectivity index (χ0v) is 13.9. The van der Waals surface area contributed by atoms with Crippen molar-refractivity contribution in [1.82, 2.24) is 10.2 Å². The van der Waals surface area contributed by atoms with E-state index in [0.717, 1.165) is 39.5 Å². The van der Waals surface area contributed by atoms with Crippen molar-refractivity contribution in [1.29, 1.82) is 0 Å². The fourth-order valence-corrected chi connectivity index (χ4v) is 4.04. The van der Waals surface area contributed by atoms with Crippen molar-refractivity contribution in [2.75, 3.05) is 4.90 Å². The van der Waals surface area contributed by atoms with Gasteiger partial charge in [-0.3, -0.25) is 10.00 Å². The van der Waals surface area contributed by atoms with Crippen molar-refractivity contribution >= 4 is 38.6 Å². The van der Waals surface area contributed by atoms with Gasteiger partial charge < -0.3 is 5.73 Å². The molecule has 1 aliphatic carbocycles. The number of halogens is 1. The first-order valence-corrected chi connectivity index (χ1v) is 8.24. The van der Waals surface area contributed by atoms with Crippen molar-refractivity contribution in [2.24, 2.45) is 5.73 Å². The van der Waals surface area contributed by atoms with Crippen molar-refractivity contribution in [3.63, 3.8) is 0 Å². The second-order valence-electron chi connectivity index (χ2n) is 5.68. The highest BCUT2D eigenvalue weighted by Gasteiger charge is 2.32. The number of fused-ring (bicyclic) bond motifs is 2. The number of benzene rings is 2. The summed E-state index contributed by atoms with van der Waals surface area (Å²) in [5, 5.41) is 7.91. The summed E-state index contributed by atoms with van der Waals surface area (Å²) < 4.78 is 1.09. The van der Waals surface area contributed by atoms with E-state index in [1.54, 1.807) is 11.1 Å². The first-order valence-electron chi connectivity index (χ1n) is 7.45. The van der Waals surface area contributed by atoms with Crippen LogP contribution in [0.2, 0.25) is 0 Å². The average Bonchev–Trinajstić information content (AvgIpc) is 3.15. The number of hydrogen-bond acceptors (Lipinski definition) is 2. The summed E-state index contributed by atoms with van der Waals surface area (Å²) in [5.74, 6) is 0. The molecule has 6 heteroatoms. The molecule has 0 saturated heterocycles. The standard InChI is InChI=1S/C17H15BrN4O/c18-13-4-1-3-11-10(13)7-8-16(11)22(17(19)23)15-6-2-5-14-12(15)9-20-21-14/h1-6,9,16H,7-8H2,(H2,19,23)(H,20,21). The zero-order chi connectivity index (χ0) is 16.0. The molecule has 1 aliphatic rings. The van der Waals surface area contributed by atoms with Gasteiger partial charge in [0, 0.05) is 9.86 Å². The molecule has 0 fully saturated rings. The largest absolute Gasteiger partial charge is 0.351 e. The number of urea groups is 1. The van der Waals surface area contributed by atoms with Gasteiger partial charge in [0.05, 0.1) is 23.4 Å². The molecule has 4 rings (SSSR count). The second-order valence-corrected chi connectivity index (χ2v) is 6.53. The van der Waals surface area contributed by atoms with E-state index in [0.29, 0.717) is 0 Å². The third kappa shape index (κ3) is 2.21. The van der Waals surface area contributed by atoms with E-state index in [4.69, 9.17) is 5.73 Å². The van der Waals surface area contributed by atoms with Gasteiger partial charge in [-0.05, 0) is 42.2 Å². The Hall–Kier alpha value is -2.34. The number of nitrogens with zero attached hydrogens (tertiary/aromatic N) is 2. The molecule has 0 radical (unpaired) electrons. The molecule has 2 amide bonds. The predicted molar refractivity (Wildman–Crippen MR) is 93.4 cm³/mol. The Morgan fingerprint density at radius 1 is 1.30 bits per heavy atom. The van der Waals surface area contributed by atoms with Crippen molar-refractivity contribution in [3.8, 4) is 0 Å². The Labute approximate surface area is 141 Å². The molecule has 3 N–H and O–H groups in total. The number of primary amides is 1. The van der Waals surface area contributed by atoms with E-state index in [1.807, 2.05) is 30.3 Å². The Kier molecular flexibility index (Phi) is 3.34. The van der Waals surface area contributed by atoms with Gasteiger partial charge in [-0.25, -0.2) is 4.79 Å². The molecule has 1 atom stereocenters. The molecule has 1 heterocycles. The van der Waals surface area contributed by atoms with Crippen LogP contribution in [0.15, 0.2) is 47.1 Å². The average molecular weight is 371 g/mol. The lowest BCUT2D eigenvalue weighted by Gasteiger charge is -2.28. The third-order valence-corrected chi connectivity index (χ3v) is 5.20. The van der Waals surface area contributed by atoms with Crippen LogP contribution in [0.4, 0.5) is 10.5 Å². The highest BCUT2D eigenvalue weighted by Crippen LogP contribution is 2.42. The van der Waals surface area contributed by atoms with Gasteiger partial charge >= 0.3 is 6.03 Å². The number of anilines is 1. The summed E-state index contributed by atoms with van der Waals surface area (Å²) in [4.78, 5) is 13.9. The van der Waals surface area contributed by atoms with Crippen LogP contribution in [0.3, 0.4) is 0 Å². The monoisotopic (exact) mass is 370 g/mol. The van der Waals surface area contributed by atoms with Crippen LogP contribution in [0.1, 0.15) is 23.6 Å². The number of carbonyl (C=O) groups is 1. The quantitative estimate of drug-likeness (QED) is 0.717. The fraction of sp³-hybridized carbons (Fsp3) is 0.176. The van der Waals surface area contributed by atoms with Gasteiger partial charge in [-0.15, -0.1) is 0 Å². The molecular weight excluding hydrogens is 356 g/mol. The molecule has 0 spiro atoms. The molecule has 23 heavy (non-hydrogen) atoms. The lowest BCUT2D eigenvalue weighted by Crippen LogP contribution is -2.38. The molecule has 2 aromatic carbocycles. The number of amides is 2. The number of aromatic nitrogens is 2. The van der Waals surface area contributed by atoms with Gasteiger partial charge in [-0.2, -0.15) is 5.10 Å². The van der Waals surface area contributed by atoms with Crippen molar-refractivity contribution in [2.45, 2.75) is 18.9 Å². The molecule has 3 aromatic rings. The topological polar surface area (TPSA) is 75.0 Å². The Morgan fingerprint density at radius 3 is 2.96 bits per heavy atom. The van der Waals surface area contributed by atoms with E-state index in [-0.39, 0.29) is 6.04 Å². The molecule has 0 aliphatic heterocycles. The molecule has 0 bridgehead atoms. The summed E-state index contributed by atoms with van der Waals surface area (Å²) in [6.07, 6.45) is 3.51. The molecule has 0 saturated carbocycles. The highest BCUT2D eigenvalue weighted by molar-refractivity contribution is 9.10. The minimum atomic E-state index is -0.448. The van der Waals surface area contributed by atoms with Gasteiger partial charge in [0.2, 0.25) is 0 Å². The maximum Gasteiger partial charge on any atom is 0.319 e. The maximum absolute atomic E-state index is 12.3. The van der Waals surface area contributed by atoms with Gasteiger partial charge in [-0.1, -0.05) is 34.1 Å². The number of aromatic amines is 1. The zero-order valence-electron chi connectivity index (χ0n) is 12.3. The Morgan fingerprint density at radius 2 is 2.13 bits per heavy atom. The number of H-pyrrole nitrogens is 1.